The van der Waals surface area contributed by atoms with Gasteiger partial charge in [-0.2, -0.15) is 0 Å². The highest BCUT2D eigenvalue weighted by Crippen LogP contribution is 2.31. The van der Waals surface area contributed by atoms with Crippen LogP contribution in [-0.2, 0) is 11.2 Å². The Labute approximate surface area is 100 Å². The van der Waals surface area contributed by atoms with Gasteiger partial charge in [0.05, 0.1) is 5.92 Å². The van der Waals surface area contributed by atoms with Gasteiger partial charge in [-0.3, -0.25) is 4.79 Å². The van der Waals surface area contributed by atoms with E-state index in [0.29, 0.717) is 0 Å². The monoisotopic (exact) mass is 228 g/mol. The van der Waals surface area contributed by atoms with Crippen LogP contribution in [0.4, 0.5) is 0 Å². The Bertz CT molecular complexity index is 571. The first kappa shape index (κ1) is 10.4. The lowest BCUT2D eigenvalue weighted by Crippen LogP contribution is -2.28. The molecule has 0 saturated carbocycles. The van der Waals surface area contributed by atoms with Crippen LogP contribution in [0, 0.1) is 0 Å². The molecule has 88 valence electrons. The number of hydrogen-bond donors (Lipinski definition) is 2. The van der Waals surface area contributed by atoms with Gasteiger partial charge in [-0.25, -0.2) is 0 Å². The molecule has 2 N–H and O–H groups in total. The van der Waals surface area contributed by atoms with Crippen molar-refractivity contribution in [1.82, 2.24) is 10.3 Å². The molecule has 2 aromatic rings. The smallest absolute Gasteiger partial charge is 0.229 e. The lowest BCUT2D eigenvalue weighted by Gasteiger charge is -2.10. The first-order valence-electron chi connectivity index (χ1n) is 6.18. The van der Waals surface area contributed by atoms with Crippen LogP contribution in [-0.4, -0.2) is 17.4 Å². The SMILES string of the molecule is CCC1C(=O)NCCc2c1[nH]c1ccccc21. The standard InChI is InChI=1S/C14H16N2O/c1-2-9-13-11(7-8-15-14(9)17)10-5-3-4-6-12(10)16-13/h3-6,9,16H,2,7-8H2,1H3,(H,15,17). The fraction of sp³-hybridized carbons (Fsp3) is 0.357. The van der Waals surface area contributed by atoms with E-state index in [-0.39, 0.29) is 11.8 Å². The van der Waals surface area contributed by atoms with E-state index in [0.717, 1.165) is 30.6 Å². The number of amides is 1. The third kappa shape index (κ3) is 1.54. The summed E-state index contributed by atoms with van der Waals surface area (Å²) in [6.45, 7) is 2.80. The van der Waals surface area contributed by atoms with Crippen LogP contribution >= 0.6 is 0 Å². The van der Waals surface area contributed by atoms with Gasteiger partial charge >= 0.3 is 0 Å². The highest BCUT2D eigenvalue weighted by atomic mass is 16.1. The van der Waals surface area contributed by atoms with Crippen LogP contribution in [0.15, 0.2) is 24.3 Å². The molecule has 0 fully saturated rings. The van der Waals surface area contributed by atoms with Crippen LogP contribution < -0.4 is 5.32 Å². The molecule has 1 unspecified atom stereocenters. The third-order valence-electron chi connectivity index (χ3n) is 3.59. The number of rotatable bonds is 1. The average molecular weight is 228 g/mol. The highest BCUT2D eigenvalue weighted by molar-refractivity contribution is 5.90. The molecular weight excluding hydrogens is 212 g/mol. The minimum Gasteiger partial charge on any atom is -0.357 e. The molecule has 3 rings (SSSR count). The second-order valence-corrected chi connectivity index (χ2v) is 4.56. The Morgan fingerprint density at radius 3 is 3.00 bits per heavy atom. The van der Waals surface area contributed by atoms with Crippen LogP contribution in [0.3, 0.4) is 0 Å². The van der Waals surface area contributed by atoms with Gasteiger partial charge in [-0.15, -0.1) is 0 Å². The lowest BCUT2D eigenvalue weighted by atomic mass is 9.97. The van der Waals surface area contributed by atoms with Gasteiger partial charge in [0.1, 0.15) is 0 Å². The quantitative estimate of drug-likeness (QED) is 0.773. The summed E-state index contributed by atoms with van der Waals surface area (Å²) in [6, 6.07) is 8.29. The summed E-state index contributed by atoms with van der Waals surface area (Å²) in [5.41, 5.74) is 3.57. The van der Waals surface area contributed by atoms with Gasteiger partial charge in [-0.1, -0.05) is 25.1 Å². The molecular formula is C14H16N2O. The van der Waals surface area contributed by atoms with Crippen molar-refractivity contribution in [2.45, 2.75) is 25.7 Å². The molecule has 1 aromatic carbocycles. The summed E-state index contributed by atoms with van der Waals surface area (Å²) >= 11 is 0. The lowest BCUT2D eigenvalue weighted by molar-refractivity contribution is -0.122. The highest BCUT2D eigenvalue weighted by Gasteiger charge is 2.26. The summed E-state index contributed by atoms with van der Waals surface area (Å²) in [5.74, 6) is 0.123. The minimum absolute atomic E-state index is 0.0279. The Hall–Kier alpha value is -1.77. The number of carbonyl (C=O) groups is 1. The Kier molecular flexibility index (Phi) is 2.39. The number of aromatic amines is 1. The fourth-order valence-corrected chi connectivity index (χ4v) is 2.74. The molecule has 1 amide bonds. The largest absolute Gasteiger partial charge is 0.357 e. The Balaban J connectivity index is 2.24. The van der Waals surface area contributed by atoms with Gasteiger partial charge in [0.2, 0.25) is 5.91 Å². The second-order valence-electron chi connectivity index (χ2n) is 4.56. The summed E-state index contributed by atoms with van der Waals surface area (Å²) in [6.07, 6.45) is 1.76. The summed E-state index contributed by atoms with van der Waals surface area (Å²) < 4.78 is 0. The van der Waals surface area contributed by atoms with Crippen molar-refractivity contribution in [1.29, 1.82) is 0 Å². The van der Waals surface area contributed by atoms with E-state index in [1.54, 1.807) is 0 Å². The van der Waals surface area contributed by atoms with E-state index in [1.807, 2.05) is 6.07 Å². The number of hydrogen-bond acceptors (Lipinski definition) is 1. The van der Waals surface area contributed by atoms with E-state index in [9.17, 15) is 4.79 Å². The molecule has 0 bridgehead atoms. The maximum absolute atomic E-state index is 12.0. The number of fused-ring (bicyclic) bond motifs is 3. The van der Waals surface area contributed by atoms with Crippen molar-refractivity contribution < 1.29 is 4.79 Å². The Morgan fingerprint density at radius 1 is 1.35 bits per heavy atom. The molecule has 3 nitrogen and oxygen atoms in total. The number of nitrogens with one attached hydrogen (secondary N) is 2. The molecule has 0 spiro atoms. The van der Waals surface area contributed by atoms with Crippen molar-refractivity contribution in [3.8, 4) is 0 Å². The zero-order valence-electron chi connectivity index (χ0n) is 9.92. The third-order valence-corrected chi connectivity index (χ3v) is 3.59. The first-order chi connectivity index (χ1) is 8.31. The minimum atomic E-state index is -0.0279. The Morgan fingerprint density at radius 2 is 2.18 bits per heavy atom. The van der Waals surface area contributed by atoms with Crippen LogP contribution in [0.1, 0.15) is 30.5 Å². The predicted molar refractivity (Wildman–Crippen MR) is 68.0 cm³/mol. The van der Waals surface area contributed by atoms with E-state index >= 15 is 0 Å². The van der Waals surface area contributed by atoms with Crippen molar-refractivity contribution in [3.05, 3.63) is 35.5 Å². The first-order valence-corrected chi connectivity index (χ1v) is 6.18. The van der Waals surface area contributed by atoms with Gasteiger partial charge in [0, 0.05) is 23.1 Å². The van der Waals surface area contributed by atoms with Gasteiger partial charge in [0.15, 0.2) is 0 Å². The fourth-order valence-electron chi connectivity index (χ4n) is 2.74. The van der Waals surface area contributed by atoms with Crippen molar-refractivity contribution >= 4 is 16.8 Å². The van der Waals surface area contributed by atoms with Gasteiger partial charge in [-0.05, 0) is 24.5 Å². The molecule has 0 aliphatic carbocycles. The van der Waals surface area contributed by atoms with Crippen LogP contribution in [0.2, 0.25) is 0 Å². The number of benzene rings is 1. The van der Waals surface area contributed by atoms with E-state index < -0.39 is 0 Å². The summed E-state index contributed by atoms with van der Waals surface area (Å²) in [7, 11) is 0. The molecule has 0 saturated heterocycles. The normalized spacial score (nSPS) is 19.8. The van der Waals surface area contributed by atoms with Crippen molar-refractivity contribution in [2.24, 2.45) is 0 Å². The van der Waals surface area contributed by atoms with Gasteiger partial charge < -0.3 is 10.3 Å². The summed E-state index contributed by atoms with van der Waals surface area (Å²) in [4.78, 5) is 15.4. The van der Waals surface area contributed by atoms with Crippen LogP contribution in [0.5, 0.6) is 0 Å². The predicted octanol–water partition coefficient (Wildman–Crippen LogP) is 2.33. The number of H-pyrrole nitrogens is 1. The van der Waals surface area contributed by atoms with E-state index in [4.69, 9.17) is 0 Å². The molecule has 3 heteroatoms. The molecule has 1 aliphatic heterocycles. The van der Waals surface area contributed by atoms with E-state index in [1.165, 1.54) is 10.9 Å². The van der Waals surface area contributed by atoms with Crippen molar-refractivity contribution in [2.75, 3.05) is 6.54 Å². The zero-order valence-corrected chi connectivity index (χ0v) is 9.92. The molecule has 1 aromatic heterocycles. The van der Waals surface area contributed by atoms with Crippen LogP contribution in [0.25, 0.3) is 10.9 Å². The number of aromatic nitrogens is 1. The van der Waals surface area contributed by atoms with E-state index in [2.05, 4.69) is 35.4 Å². The number of para-hydroxylation sites is 1. The summed E-state index contributed by atoms with van der Waals surface area (Å²) in [5, 5.41) is 4.25. The second kappa shape index (κ2) is 3.91. The van der Waals surface area contributed by atoms with Gasteiger partial charge in [0.25, 0.3) is 0 Å². The van der Waals surface area contributed by atoms with Crippen molar-refractivity contribution in [3.63, 3.8) is 0 Å². The maximum atomic E-state index is 12.0. The molecule has 1 aliphatic rings. The molecule has 17 heavy (non-hydrogen) atoms. The molecule has 0 radical (unpaired) electrons. The average Bonchev–Trinajstić information content (AvgIpc) is 2.61. The topological polar surface area (TPSA) is 44.9 Å². The zero-order chi connectivity index (χ0) is 11.8. The maximum Gasteiger partial charge on any atom is 0.229 e. The molecule has 2 heterocycles. The molecule has 1 atom stereocenters. The number of carbonyl (C=O) groups excluding carboxylic acids is 1.